The molecule has 1 aromatic carbocycles. The summed E-state index contributed by atoms with van der Waals surface area (Å²) in [6.07, 6.45) is 1.94. The molecule has 2 fully saturated rings. The highest BCUT2D eigenvalue weighted by Gasteiger charge is 2.47. The van der Waals surface area contributed by atoms with Crippen LogP contribution in [0.5, 0.6) is 0 Å². The third-order valence-electron chi connectivity index (χ3n) is 4.40. The van der Waals surface area contributed by atoms with Crippen molar-refractivity contribution in [2.45, 2.75) is 24.8 Å². The lowest BCUT2D eigenvalue weighted by Crippen LogP contribution is -2.39. The van der Waals surface area contributed by atoms with Gasteiger partial charge in [-0.05, 0) is 43.0 Å². The first-order valence-corrected chi connectivity index (χ1v) is 7.76. The first-order valence-electron chi connectivity index (χ1n) is 7.00. The molecule has 1 aliphatic carbocycles. The third-order valence-corrected chi connectivity index (χ3v) is 4.96. The minimum absolute atomic E-state index is 0.0827. The largest absolute Gasteiger partial charge is 0.341 e. The highest BCUT2D eigenvalue weighted by Crippen LogP contribution is 2.50. The molecule has 3 unspecified atom stereocenters. The van der Waals surface area contributed by atoms with Gasteiger partial charge in [0, 0.05) is 35.6 Å². The maximum absolute atomic E-state index is 12.5. The van der Waals surface area contributed by atoms with Crippen LogP contribution in [-0.4, -0.2) is 37.0 Å². The summed E-state index contributed by atoms with van der Waals surface area (Å²) < 4.78 is 0. The Hall–Kier alpha value is -0.770. The highest BCUT2D eigenvalue weighted by molar-refractivity contribution is 6.35. The molecule has 0 spiro atoms. The fourth-order valence-corrected chi connectivity index (χ4v) is 3.57. The Morgan fingerprint density at radius 3 is 2.85 bits per heavy atom. The maximum atomic E-state index is 12.5. The molecule has 1 aliphatic heterocycles. The van der Waals surface area contributed by atoms with Gasteiger partial charge in [0.25, 0.3) is 0 Å². The number of nitrogens with zero attached hydrogens (tertiary/aromatic N) is 1. The number of benzene rings is 1. The Morgan fingerprint density at radius 1 is 1.40 bits per heavy atom. The van der Waals surface area contributed by atoms with E-state index in [9.17, 15) is 4.79 Å². The van der Waals surface area contributed by atoms with Crippen LogP contribution in [0.4, 0.5) is 0 Å². The molecular weight excluding hydrogens is 295 g/mol. The number of halogens is 2. The van der Waals surface area contributed by atoms with Gasteiger partial charge in [-0.2, -0.15) is 0 Å². The van der Waals surface area contributed by atoms with E-state index >= 15 is 0 Å². The van der Waals surface area contributed by atoms with E-state index < -0.39 is 0 Å². The van der Waals surface area contributed by atoms with Gasteiger partial charge >= 0.3 is 0 Å². The Morgan fingerprint density at radius 2 is 2.20 bits per heavy atom. The normalized spacial score (nSPS) is 28.4. The molecule has 3 nitrogen and oxygen atoms in total. The standard InChI is InChI=1S/C15H18Cl2N2O/c1-19(10-4-5-18-8-10)15(20)13-7-12(13)11-3-2-9(16)6-14(11)17/h2-3,6,10,12-13,18H,4-5,7-8H2,1H3. The van der Waals surface area contributed by atoms with E-state index in [2.05, 4.69) is 5.32 Å². The number of amides is 1. The van der Waals surface area contributed by atoms with Crippen molar-refractivity contribution in [1.29, 1.82) is 0 Å². The minimum atomic E-state index is 0.0827. The molecule has 1 N–H and O–H groups in total. The molecule has 5 heteroatoms. The predicted molar refractivity (Wildman–Crippen MR) is 81.4 cm³/mol. The first-order chi connectivity index (χ1) is 9.58. The van der Waals surface area contributed by atoms with Crippen molar-refractivity contribution in [3.8, 4) is 0 Å². The second-order valence-electron chi connectivity index (χ2n) is 5.71. The van der Waals surface area contributed by atoms with Gasteiger partial charge in [-0.1, -0.05) is 29.3 Å². The van der Waals surface area contributed by atoms with Crippen molar-refractivity contribution < 1.29 is 4.79 Å². The fraction of sp³-hybridized carbons (Fsp3) is 0.533. The number of likely N-dealkylation sites (N-methyl/N-ethyl adjacent to an activating group) is 1. The van der Waals surface area contributed by atoms with Crippen LogP contribution >= 0.6 is 23.2 Å². The SMILES string of the molecule is CN(C(=O)C1CC1c1ccc(Cl)cc1Cl)C1CCNC1. The lowest BCUT2D eigenvalue weighted by atomic mass is 10.1. The zero-order valence-electron chi connectivity index (χ0n) is 11.4. The van der Waals surface area contributed by atoms with E-state index in [0.29, 0.717) is 16.1 Å². The Kier molecular flexibility index (Phi) is 3.93. The van der Waals surface area contributed by atoms with E-state index in [0.717, 1.165) is 31.5 Å². The molecule has 3 rings (SSSR count). The number of rotatable bonds is 3. The number of hydrogen-bond acceptors (Lipinski definition) is 2. The molecule has 0 radical (unpaired) electrons. The highest BCUT2D eigenvalue weighted by atomic mass is 35.5. The van der Waals surface area contributed by atoms with Crippen molar-refractivity contribution in [2.75, 3.05) is 20.1 Å². The fourth-order valence-electron chi connectivity index (χ4n) is 3.03. The Labute approximate surface area is 129 Å². The van der Waals surface area contributed by atoms with Crippen molar-refractivity contribution in [2.24, 2.45) is 5.92 Å². The summed E-state index contributed by atoms with van der Waals surface area (Å²) in [6, 6.07) is 5.88. The van der Waals surface area contributed by atoms with E-state index in [4.69, 9.17) is 23.2 Å². The van der Waals surface area contributed by atoms with E-state index in [1.54, 1.807) is 6.07 Å². The summed E-state index contributed by atoms with van der Waals surface area (Å²) in [4.78, 5) is 14.4. The molecule has 1 amide bonds. The summed E-state index contributed by atoms with van der Waals surface area (Å²) in [7, 11) is 1.92. The molecular formula is C15H18Cl2N2O. The number of carbonyl (C=O) groups excluding carboxylic acids is 1. The average molecular weight is 313 g/mol. The van der Waals surface area contributed by atoms with E-state index in [1.807, 2.05) is 24.1 Å². The van der Waals surface area contributed by atoms with Gasteiger partial charge in [0.1, 0.15) is 0 Å². The smallest absolute Gasteiger partial charge is 0.226 e. The third kappa shape index (κ3) is 2.67. The van der Waals surface area contributed by atoms with Gasteiger partial charge < -0.3 is 10.2 Å². The molecule has 20 heavy (non-hydrogen) atoms. The molecule has 2 aliphatic rings. The van der Waals surface area contributed by atoms with Crippen LogP contribution in [0.2, 0.25) is 10.0 Å². The zero-order valence-corrected chi connectivity index (χ0v) is 12.9. The van der Waals surface area contributed by atoms with Crippen LogP contribution in [-0.2, 0) is 4.79 Å². The molecule has 0 aromatic heterocycles. The van der Waals surface area contributed by atoms with Crippen molar-refractivity contribution in [1.82, 2.24) is 10.2 Å². The monoisotopic (exact) mass is 312 g/mol. The summed E-state index contributed by atoms with van der Waals surface area (Å²) in [5.41, 5.74) is 1.05. The Balaban J connectivity index is 1.67. The minimum Gasteiger partial charge on any atom is -0.341 e. The number of carbonyl (C=O) groups is 1. The first kappa shape index (κ1) is 14.2. The van der Waals surface area contributed by atoms with Gasteiger partial charge in [0.2, 0.25) is 5.91 Å². The van der Waals surface area contributed by atoms with Crippen molar-refractivity contribution in [3.05, 3.63) is 33.8 Å². The number of hydrogen-bond donors (Lipinski definition) is 1. The second kappa shape index (κ2) is 5.55. The van der Waals surface area contributed by atoms with Crippen molar-refractivity contribution in [3.63, 3.8) is 0 Å². The lowest BCUT2D eigenvalue weighted by Gasteiger charge is -2.24. The summed E-state index contributed by atoms with van der Waals surface area (Å²) >= 11 is 12.1. The van der Waals surface area contributed by atoms with Crippen molar-refractivity contribution >= 4 is 29.1 Å². The van der Waals surface area contributed by atoms with E-state index in [-0.39, 0.29) is 17.7 Å². The number of nitrogens with one attached hydrogen (secondary N) is 1. The van der Waals surface area contributed by atoms with Crippen LogP contribution < -0.4 is 5.32 Å². The predicted octanol–water partition coefficient (Wildman–Crippen LogP) is 2.92. The quantitative estimate of drug-likeness (QED) is 0.930. The van der Waals surface area contributed by atoms with Crippen LogP contribution in [0, 0.1) is 5.92 Å². The van der Waals surface area contributed by atoms with Crippen LogP contribution in [0.25, 0.3) is 0 Å². The van der Waals surface area contributed by atoms with Gasteiger partial charge in [0.15, 0.2) is 0 Å². The molecule has 3 atom stereocenters. The molecule has 1 aromatic rings. The van der Waals surface area contributed by atoms with Gasteiger partial charge in [0.05, 0.1) is 0 Å². The van der Waals surface area contributed by atoms with Crippen LogP contribution in [0.1, 0.15) is 24.3 Å². The summed E-state index contributed by atoms with van der Waals surface area (Å²) in [6.45, 7) is 1.90. The van der Waals surface area contributed by atoms with Gasteiger partial charge in [-0.3, -0.25) is 4.79 Å². The zero-order chi connectivity index (χ0) is 14.3. The van der Waals surface area contributed by atoms with Crippen LogP contribution in [0.3, 0.4) is 0 Å². The molecule has 1 saturated carbocycles. The van der Waals surface area contributed by atoms with Crippen LogP contribution in [0.15, 0.2) is 18.2 Å². The Bertz CT molecular complexity index is 529. The lowest BCUT2D eigenvalue weighted by molar-refractivity contribution is -0.133. The topological polar surface area (TPSA) is 32.3 Å². The molecule has 1 saturated heterocycles. The van der Waals surface area contributed by atoms with Gasteiger partial charge in [-0.25, -0.2) is 0 Å². The molecule has 108 valence electrons. The summed E-state index contributed by atoms with van der Waals surface area (Å²) in [5.74, 6) is 0.582. The summed E-state index contributed by atoms with van der Waals surface area (Å²) in [5, 5.41) is 4.60. The van der Waals surface area contributed by atoms with E-state index in [1.165, 1.54) is 0 Å². The molecule has 1 heterocycles. The average Bonchev–Trinajstić information content (AvgIpc) is 3.00. The second-order valence-corrected chi connectivity index (χ2v) is 6.55. The maximum Gasteiger partial charge on any atom is 0.226 e. The molecule has 0 bridgehead atoms. The van der Waals surface area contributed by atoms with Gasteiger partial charge in [-0.15, -0.1) is 0 Å².